The van der Waals surface area contributed by atoms with E-state index in [1.807, 2.05) is 0 Å². The van der Waals surface area contributed by atoms with Crippen molar-refractivity contribution < 1.29 is 18.3 Å². The van der Waals surface area contributed by atoms with Crippen LogP contribution >= 0.6 is 11.6 Å². The minimum absolute atomic E-state index is 0.0160. The smallest absolute Gasteiger partial charge is 0.388 e. The Balaban J connectivity index is 1.61. The van der Waals surface area contributed by atoms with Gasteiger partial charge in [-0.3, -0.25) is 0 Å². The van der Waals surface area contributed by atoms with Crippen molar-refractivity contribution >= 4 is 23.2 Å². The number of alkyl halides is 3. The normalized spacial score (nSPS) is 25.8. The summed E-state index contributed by atoms with van der Waals surface area (Å²) in [6.45, 7) is 1.75. The van der Waals surface area contributed by atoms with Crippen LogP contribution in [0.25, 0.3) is 0 Å². The predicted octanol–water partition coefficient (Wildman–Crippen LogP) is 4.44. The summed E-state index contributed by atoms with van der Waals surface area (Å²) >= 11 is 6.39. The van der Waals surface area contributed by atoms with E-state index >= 15 is 0 Å². The zero-order valence-electron chi connectivity index (χ0n) is 14.6. The van der Waals surface area contributed by atoms with Crippen molar-refractivity contribution in [1.29, 1.82) is 0 Å². The van der Waals surface area contributed by atoms with Crippen LogP contribution in [0.3, 0.4) is 0 Å². The molecule has 2 aromatic heterocycles. The van der Waals surface area contributed by atoms with Crippen molar-refractivity contribution in [1.82, 2.24) is 19.7 Å². The van der Waals surface area contributed by atoms with Gasteiger partial charge in [0.05, 0.1) is 34.8 Å². The van der Waals surface area contributed by atoms with Gasteiger partial charge >= 0.3 is 6.18 Å². The monoisotopic (exact) mass is 401 g/mol. The number of nitrogens with one attached hydrogen (secondary N) is 1. The second kappa shape index (κ2) is 6.34. The first kappa shape index (κ1) is 18.5. The molecule has 0 aliphatic heterocycles. The van der Waals surface area contributed by atoms with Gasteiger partial charge in [0, 0.05) is 12.1 Å². The van der Waals surface area contributed by atoms with E-state index in [1.54, 1.807) is 11.6 Å². The number of halogens is 4. The summed E-state index contributed by atoms with van der Waals surface area (Å²) in [7, 11) is 0. The van der Waals surface area contributed by atoms with E-state index in [9.17, 15) is 18.3 Å². The molecule has 4 rings (SSSR count). The third-order valence-corrected chi connectivity index (χ3v) is 5.62. The SMILES string of the molecule is C[C@]1(O)CCC[C@@H]1n1ncc(Nc2ncc(C(F)(F)F)c(C3CC3)n2)c1Cl. The number of aromatic nitrogens is 4. The largest absolute Gasteiger partial charge is 0.419 e. The van der Waals surface area contributed by atoms with E-state index in [4.69, 9.17) is 11.6 Å². The van der Waals surface area contributed by atoms with Gasteiger partial charge < -0.3 is 10.4 Å². The Morgan fingerprint density at radius 2 is 2.04 bits per heavy atom. The molecule has 2 N–H and O–H groups in total. The summed E-state index contributed by atoms with van der Waals surface area (Å²) in [5.74, 6) is -0.138. The molecule has 2 atom stereocenters. The molecule has 2 heterocycles. The zero-order chi connectivity index (χ0) is 19.4. The van der Waals surface area contributed by atoms with E-state index in [0.29, 0.717) is 24.9 Å². The predicted molar refractivity (Wildman–Crippen MR) is 93.0 cm³/mol. The number of rotatable bonds is 4. The molecular formula is C17H19ClF3N5O. The summed E-state index contributed by atoms with van der Waals surface area (Å²) in [5, 5.41) is 17.8. The molecule has 0 amide bonds. The Morgan fingerprint density at radius 3 is 2.63 bits per heavy atom. The van der Waals surface area contributed by atoms with Gasteiger partial charge in [-0.25, -0.2) is 14.6 Å². The average molecular weight is 402 g/mol. The van der Waals surface area contributed by atoms with Crippen molar-refractivity contribution in [2.75, 3.05) is 5.32 Å². The van der Waals surface area contributed by atoms with Crippen molar-refractivity contribution in [3.8, 4) is 0 Å². The number of hydrogen-bond donors (Lipinski definition) is 2. The Bertz CT molecular complexity index is 863. The van der Waals surface area contributed by atoms with Crippen molar-refractivity contribution in [3.05, 3.63) is 28.8 Å². The van der Waals surface area contributed by atoms with Gasteiger partial charge in [-0.1, -0.05) is 11.6 Å². The highest BCUT2D eigenvalue weighted by Crippen LogP contribution is 2.45. The van der Waals surface area contributed by atoms with Gasteiger partial charge in [0.2, 0.25) is 5.95 Å². The molecule has 27 heavy (non-hydrogen) atoms. The number of hydrogen-bond acceptors (Lipinski definition) is 5. The van der Waals surface area contributed by atoms with Gasteiger partial charge in [-0.05, 0) is 39.0 Å². The highest BCUT2D eigenvalue weighted by Gasteiger charge is 2.41. The molecule has 2 aliphatic rings. The lowest BCUT2D eigenvalue weighted by Gasteiger charge is -2.26. The molecule has 0 aromatic carbocycles. The summed E-state index contributed by atoms with van der Waals surface area (Å²) in [6, 6.07) is -0.254. The summed E-state index contributed by atoms with van der Waals surface area (Å²) in [4.78, 5) is 7.89. The molecule has 0 saturated heterocycles. The van der Waals surface area contributed by atoms with Crippen LogP contribution in [0.4, 0.5) is 24.8 Å². The molecule has 2 fully saturated rings. The fraction of sp³-hybridized carbons (Fsp3) is 0.588. The highest BCUT2D eigenvalue weighted by molar-refractivity contribution is 6.32. The first-order valence-electron chi connectivity index (χ1n) is 8.83. The minimum atomic E-state index is -4.48. The maximum atomic E-state index is 13.1. The van der Waals surface area contributed by atoms with Crippen molar-refractivity contribution in [2.45, 2.75) is 62.8 Å². The first-order chi connectivity index (χ1) is 12.7. The van der Waals surface area contributed by atoms with E-state index in [2.05, 4.69) is 20.4 Å². The van der Waals surface area contributed by atoms with Gasteiger partial charge in [-0.2, -0.15) is 18.3 Å². The fourth-order valence-electron chi connectivity index (χ4n) is 3.63. The second-order valence-corrected chi connectivity index (χ2v) is 7.81. The molecule has 2 aromatic rings. The molecule has 10 heteroatoms. The van der Waals surface area contributed by atoms with Crippen molar-refractivity contribution in [2.24, 2.45) is 0 Å². The maximum absolute atomic E-state index is 13.1. The van der Waals surface area contributed by atoms with Crippen LogP contribution in [0.15, 0.2) is 12.4 Å². The Morgan fingerprint density at radius 1 is 1.30 bits per heavy atom. The fourth-order valence-corrected chi connectivity index (χ4v) is 3.88. The molecule has 2 saturated carbocycles. The van der Waals surface area contributed by atoms with Crippen molar-refractivity contribution in [3.63, 3.8) is 0 Å². The lowest BCUT2D eigenvalue weighted by molar-refractivity contribution is -0.138. The van der Waals surface area contributed by atoms with E-state index in [-0.39, 0.29) is 28.8 Å². The zero-order valence-corrected chi connectivity index (χ0v) is 15.3. The summed E-state index contributed by atoms with van der Waals surface area (Å²) in [5.41, 5.74) is -1.29. The van der Waals surface area contributed by atoms with E-state index < -0.39 is 17.3 Å². The van der Waals surface area contributed by atoms with Crippen LogP contribution in [-0.4, -0.2) is 30.5 Å². The Kier molecular flexibility index (Phi) is 4.34. The summed E-state index contributed by atoms with van der Waals surface area (Å²) < 4.78 is 41.0. The quantitative estimate of drug-likeness (QED) is 0.792. The number of nitrogens with zero attached hydrogens (tertiary/aromatic N) is 4. The average Bonchev–Trinajstić information content (AvgIpc) is 3.29. The number of aliphatic hydroxyl groups is 1. The van der Waals surface area contributed by atoms with Crippen LogP contribution in [0.5, 0.6) is 0 Å². The molecule has 0 spiro atoms. The number of anilines is 2. The maximum Gasteiger partial charge on any atom is 0.419 e. The Labute approximate surface area is 158 Å². The van der Waals surface area contributed by atoms with Crippen LogP contribution in [-0.2, 0) is 6.18 Å². The summed E-state index contributed by atoms with van der Waals surface area (Å²) in [6.07, 6.45) is 1.44. The van der Waals surface area contributed by atoms with Gasteiger partial charge in [0.1, 0.15) is 0 Å². The van der Waals surface area contributed by atoms with E-state index in [1.165, 1.54) is 6.20 Å². The third-order valence-electron chi connectivity index (χ3n) is 5.24. The second-order valence-electron chi connectivity index (χ2n) is 7.45. The molecule has 6 nitrogen and oxygen atoms in total. The lowest BCUT2D eigenvalue weighted by atomic mass is 10.0. The van der Waals surface area contributed by atoms with E-state index in [0.717, 1.165) is 19.0 Å². The Hall–Kier alpha value is -1.87. The van der Waals surface area contributed by atoms with Gasteiger partial charge in [0.15, 0.2) is 5.15 Å². The van der Waals surface area contributed by atoms with Crippen LogP contribution in [0.1, 0.15) is 62.2 Å². The minimum Gasteiger partial charge on any atom is -0.388 e. The first-order valence-corrected chi connectivity index (χ1v) is 9.21. The highest BCUT2D eigenvalue weighted by atomic mass is 35.5. The topological polar surface area (TPSA) is 75.9 Å². The molecule has 2 aliphatic carbocycles. The molecule has 0 bridgehead atoms. The molecule has 0 unspecified atom stereocenters. The van der Waals surface area contributed by atoms with Crippen LogP contribution < -0.4 is 5.32 Å². The molecule has 146 valence electrons. The molecular weight excluding hydrogens is 383 g/mol. The van der Waals surface area contributed by atoms with Gasteiger partial charge in [-0.15, -0.1) is 0 Å². The van der Waals surface area contributed by atoms with Crippen LogP contribution in [0, 0.1) is 0 Å². The van der Waals surface area contributed by atoms with Gasteiger partial charge in [0.25, 0.3) is 0 Å². The van der Waals surface area contributed by atoms with Crippen LogP contribution in [0.2, 0.25) is 5.15 Å². The standard InChI is InChI=1S/C17H19ClF3N5O/c1-16(27)6-2-3-12(16)26-14(18)11(8-23-26)24-15-22-7-10(17(19,20)21)13(25-15)9-4-5-9/h7-9,12,27H,2-6H2,1H3,(H,22,24,25)/t12-,16-/m0/s1. The third kappa shape index (κ3) is 3.50. The lowest BCUT2D eigenvalue weighted by Crippen LogP contribution is -2.31. The molecule has 0 radical (unpaired) electrons.